The van der Waals surface area contributed by atoms with Crippen LogP contribution in [0.15, 0.2) is 12.1 Å². The van der Waals surface area contributed by atoms with E-state index in [9.17, 15) is 8.78 Å². The van der Waals surface area contributed by atoms with Crippen molar-refractivity contribution in [3.05, 3.63) is 34.9 Å². The molecule has 0 aliphatic carbocycles. The molecule has 1 aromatic rings. The first-order chi connectivity index (χ1) is 9.69. The Morgan fingerprint density at radius 1 is 1.35 bits per heavy atom. The quantitative estimate of drug-likeness (QED) is 0.838. The number of halogens is 2. The van der Waals surface area contributed by atoms with Crippen LogP contribution < -0.4 is 5.32 Å². The molecule has 3 rings (SSSR count). The minimum atomic E-state index is -0.829. The maximum absolute atomic E-state index is 13.9. The topological polar surface area (TPSA) is 48.3 Å². The van der Waals surface area contributed by atoms with Crippen LogP contribution in [0.25, 0.3) is 0 Å². The highest BCUT2D eigenvalue weighted by molar-refractivity contribution is 5.36. The van der Waals surface area contributed by atoms with Gasteiger partial charge in [0.05, 0.1) is 18.3 Å². The summed E-state index contributed by atoms with van der Waals surface area (Å²) in [6, 6.07) is 4.07. The van der Waals surface area contributed by atoms with E-state index >= 15 is 0 Å². The fourth-order valence-corrected chi connectivity index (χ4v) is 2.79. The lowest BCUT2D eigenvalue weighted by molar-refractivity contribution is -0.0730. The molecule has 6 heteroatoms. The molecule has 2 fully saturated rings. The van der Waals surface area contributed by atoms with Crippen LogP contribution in [-0.2, 0) is 4.74 Å². The van der Waals surface area contributed by atoms with Crippen LogP contribution in [0.4, 0.5) is 8.78 Å². The zero-order chi connectivity index (χ0) is 14.1. The van der Waals surface area contributed by atoms with Gasteiger partial charge in [0.1, 0.15) is 17.7 Å². The zero-order valence-corrected chi connectivity index (χ0v) is 10.9. The van der Waals surface area contributed by atoms with Crippen LogP contribution in [0.3, 0.4) is 0 Å². The summed E-state index contributed by atoms with van der Waals surface area (Å²) >= 11 is 0. The summed E-state index contributed by atoms with van der Waals surface area (Å²) in [6.07, 6.45) is -0.447. The van der Waals surface area contributed by atoms with E-state index in [0.29, 0.717) is 19.2 Å². The Labute approximate surface area is 115 Å². The van der Waals surface area contributed by atoms with Gasteiger partial charge in [0.25, 0.3) is 0 Å². The maximum Gasteiger partial charge on any atom is 0.143 e. The van der Waals surface area contributed by atoms with Gasteiger partial charge in [0, 0.05) is 43.9 Å². The first kappa shape index (κ1) is 13.4. The smallest absolute Gasteiger partial charge is 0.143 e. The largest absolute Gasteiger partial charge is 0.370 e. The highest BCUT2D eigenvalue weighted by Crippen LogP contribution is 2.28. The van der Waals surface area contributed by atoms with E-state index < -0.39 is 17.7 Å². The lowest BCUT2D eigenvalue weighted by Gasteiger charge is -2.42. The molecule has 1 N–H and O–H groups in total. The van der Waals surface area contributed by atoms with Gasteiger partial charge in [-0.1, -0.05) is 0 Å². The monoisotopic (exact) mass is 279 g/mol. The average molecular weight is 279 g/mol. The molecule has 0 aromatic heterocycles. The highest BCUT2D eigenvalue weighted by atomic mass is 19.1. The number of nitriles is 1. The molecule has 0 saturated carbocycles. The zero-order valence-electron chi connectivity index (χ0n) is 10.9. The third kappa shape index (κ3) is 2.40. The molecule has 0 radical (unpaired) electrons. The molecule has 1 aromatic carbocycles. The summed E-state index contributed by atoms with van der Waals surface area (Å²) in [5.74, 6) is -1.48. The molecule has 0 spiro atoms. The van der Waals surface area contributed by atoms with Gasteiger partial charge >= 0.3 is 0 Å². The lowest BCUT2D eigenvalue weighted by atomic mass is 10.0. The van der Waals surface area contributed by atoms with E-state index in [4.69, 9.17) is 10.00 Å². The summed E-state index contributed by atoms with van der Waals surface area (Å²) in [4.78, 5) is 2.25. The number of ether oxygens (including phenoxy) is 1. The number of benzene rings is 1. The van der Waals surface area contributed by atoms with E-state index in [2.05, 4.69) is 10.2 Å². The van der Waals surface area contributed by atoms with Gasteiger partial charge in [-0.3, -0.25) is 4.90 Å². The highest BCUT2D eigenvalue weighted by Gasteiger charge is 2.32. The molecule has 2 saturated heterocycles. The second kappa shape index (κ2) is 5.44. The Morgan fingerprint density at radius 3 is 3.00 bits per heavy atom. The predicted octanol–water partition coefficient (Wildman–Crippen LogP) is 1.18. The molecule has 2 heterocycles. The number of nitrogens with one attached hydrogen (secondary N) is 1. The van der Waals surface area contributed by atoms with Crippen molar-refractivity contribution in [1.29, 1.82) is 5.26 Å². The second-order valence-electron chi connectivity index (χ2n) is 5.14. The molecule has 2 atom stereocenters. The Morgan fingerprint density at radius 2 is 2.20 bits per heavy atom. The van der Waals surface area contributed by atoms with Crippen molar-refractivity contribution in [2.75, 3.05) is 32.8 Å². The molecule has 20 heavy (non-hydrogen) atoms. The molecular formula is C14H15F2N3O. The Balaban J connectivity index is 1.85. The van der Waals surface area contributed by atoms with Gasteiger partial charge in [0.15, 0.2) is 0 Å². The van der Waals surface area contributed by atoms with Crippen LogP contribution >= 0.6 is 0 Å². The van der Waals surface area contributed by atoms with Crippen molar-refractivity contribution in [1.82, 2.24) is 10.2 Å². The fraction of sp³-hybridized carbons (Fsp3) is 0.500. The number of morpholine rings is 1. The Hall–Kier alpha value is -1.55. The molecule has 106 valence electrons. The van der Waals surface area contributed by atoms with Crippen LogP contribution in [-0.4, -0.2) is 43.7 Å². The number of fused-ring (bicyclic) bond motifs is 1. The average Bonchev–Trinajstić information content (AvgIpc) is 2.47. The number of rotatable bonds is 1. The first-order valence-corrected chi connectivity index (χ1v) is 6.64. The Bertz CT molecular complexity index is 558. The minimum absolute atomic E-state index is 0.146. The maximum atomic E-state index is 13.9. The van der Waals surface area contributed by atoms with Gasteiger partial charge in [-0.2, -0.15) is 5.26 Å². The summed E-state index contributed by atoms with van der Waals surface area (Å²) in [7, 11) is 0. The van der Waals surface area contributed by atoms with Crippen LogP contribution in [0.5, 0.6) is 0 Å². The minimum Gasteiger partial charge on any atom is -0.370 e. The molecule has 4 nitrogen and oxygen atoms in total. The van der Waals surface area contributed by atoms with E-state index in [-0.39, 0.29) is 11.1 Å². The van der Waals surface area contributed by atoms with Crippen molar-refractivity contribution in [2.45, 2.75) is 12.1 Å². The van der Waals surface area contributed by atoms with Crippen molar-refractivity contribution >= 4 is 0 Å². The van der Waals surface area contributed by atoms with Crippen LogP contribution in [0, 0.1) is 23.0 Å². The number of hydrogen-bond donors (Lipinski definition) is 1. The number of piperazine rings is 1. The third-order valence-corrected chi connectivity index (χ3v) is 3.92. The van der Waals surface area contributed by atoms with Gasteiger partial charge in [-0.15, -0.1) is 0 Å². The molecule has 0 amide bonds. The van der Waals surface area contributed by atoms with E-state index in [1.54, 1.807) is 6.07 Å². The second-order valence-corrected chi connectivity index (χ2v) is 5.14. The van der Waals surface area contributed by atoms with Crippen molar-refractivity contribution in [2.24, 2.45) is 0 Å². The summed E-state index contributed by atoms with van der Waals surface area (Å²) in [6.45, 7) is 3.73. The SMILES string of the molecule is N#Cc1cc([C@@H]2CN3CCNC[C@H]3CO2)c(F)cc1F. The van der Waals surface area contributed by atoms with Crippen molar-refractivity contribution in [3.8, 4) is 6.07 Å². The standard InChI is InChI=1S/C14H15F2N3O/c15-12-4-13(16)11(3-9(12)5-17)14-7-19-2-1-18-6-10(19)8-20-14/h3-4,10,14,18H,1-2,6-8H2/t10-,14-/m0/s1. The summed E-state index contributed by atoms with van der Waals surface area (Å²) in [5, 5.41) is 12.1. The lowest BCUT2D eigenvalue weighted by Crippen LogP contribution is -2.57. The van der Waals surface area contributed by atoms with Gasteiger partial charge in [-0.25, -0.2) is 8.78 Å². The number of hydrogen-bond acceptors (Lipinski definition) is 4. The normalized spacial score (nSPS) is 26.9. The van der Waals surface area contributed by atoms with Crippen molar-refractivity contribution in [3.63, 3.8) is 0 Å². The molecular weight excluding hydrogens is 264 g/mol. The van der Waals surface area contributed by atoms with E-state index in [0.717, 1.165) is 25.7 Å². The predicted molar refractivity (Wildman–Crippen MR) is 68.0 cm³/mol. The van der Waals surface area contributed by atoms with Gasteiger partial charge < -0.3 is 10.1 Å². The molecule has 2 aliphatic heterocycles. The molecule has 2 aliphatic rings. The summed E-state index contributed by atoms with van der Waals surface area (Å²) < 4.78 is 33.0. The fourth-order valence-electron chi connectivity index (χ4n) is 2.79. The third-order valence-electron chi connectivity index (χ3n) is 3.92. The van der Waals surface area contributed by atoms with Crippen LogP contribution in [0.2, 0.25) is 0 Å². The Kier molecular flexibility index (Phi) is 3.66. The van der Waals surface area contributed by atoms with Gasteiger partial charge in [0.2, 0.25) is 0 Å². The van der Waals surface area contributed by atoms with Crippen molar-refractivity contribution < 1.29 is 13.5 Å². The summed E-state index contributed by atoms with van der Waals surface area (Å²) in [5.41, 5.74) is 0.118. The first-order valence-electron chi connectivity index (χ1n) is 6.64. The van der Waals surface area contributed by atoms with E-state index in [1.807, 2.05) is 0 Å². The van der Waals surface area contributed by atoms with Crippen LogP contribution in [0.1, 0.15) is 17.2 Å². The van der Waals surface area contributed by atoms with E-state index in [1.165, 1.54) is 6.07 Å². The van der Waals surface area contributed by atoms with Gasteiger partial charge in [-0.05, 0) is 6.07 Å². The molecule has 0 bridgehead atoms. The molecule has 0 unspecified atom stereocenters. The number of nitrogens with zero attached hydrogens (tertiary/aromatic N) is 2.